The monoisotopic (exact) mass is 394 g/mol. The van der Waals surface area contributed by atoms with Crippen molar-refractivity contribution >= 4 is 15.7 Å². The van der Waals surface area contributed by atoms with E-state index in [0.717, 1.165) is 31.5 Å². The van der Waals surface area contributed by atoms with Crippen molar-refractivity contribution in [3.05, 3.63) is 29.3 Å². The van der Waals surface area contributed by atoms with Gasteiger partial charge in [-0.05, 0) is 43.9 Å². The van der Waals surface area contributed by atoms with Gasteiger partial charge in [-0.3, -0.25) is 9.69 Å². The number of benzene rings is 1. The van der Waals surface area contributed by atoms with E-state index in [-0.39, 0.29) is 5.91 Å². The molecule has 1 aliphatic heterocycles. The number of aryl methyl sites for hydroxylation is 2. The predicted octanol–water partition coefficient (Wildman–Crippen LogP) is 1.84. The van der Waals surface area contributed by atoms with Crippen LogP contribution in [0.4, 0.5) is 0 Å². The van der Waals surface area contributed by atoms with Gasteiger partial charge in [0.2, 0.25) is 5.91 Å². The Kier molecular flexibility index (Phi) is 6.23. The van der Waals surface area contributed by atoms with Crippen molar-refractivity contribution in [1.29, 1.82) is 0 Å². The third kappa shape index (κ3) is 4.05. The fourth-order valence-corrected chi connectivity index (χ4v) is 6.48. The first-order chi connectivity index (χ1) is 12.9. The lowest BCUT2D eigenvalue weighted by molar-refractivity contribution is -0.123. The third-order valence-corrected chi connectivity index (χ3v) is 8.43. The first-order valence-corrected chi connectivity index (χ1v) is 11.3. The molecule has 150 valence electrons. The van der Waals surface area contributed by atoms with Gasteiger partial charge in [0.05, 0.1) is 18.1 Å². The summed E-state index contributed by atoms with van der Waals surface area (Å²) < 4.78 is 31.1. The van der Waals surface area contributed by atoms with Crippen LogP contribution in [-0.4, -0.2) is 63.4 Å². The molecule has 1 aliphatic carbocycles. The molecule has 0 atom stereocenters. The summed E-state index contributed by atoms with van der Waals surface area (Å²) in [7, 11) is -3.75. The van der Waals surface area contributed by atoms with Gasteiger partial charge in [0.25, 0.3) is 0 Å². The van der Waals surface area contributed by atoms with Crippen LogP contribution in [-0.2, 0) is 19.4 Å². The van der Waals surface area contributed by atoms with E-state index in [1.807, 2.05) is 19.1 Å². The molecule has 1 aromatic carbocycles. The van der Waals surface area contributed by atoms with Gasteiger partial charge in [-0.1, -0.05) is 25.0 Å². The SMILES string of the molecule is Cc1ccc(C)c(S(=O)(=O)C2(C(=O)NCCN3CCOCC3)CCCC2)c1. The summed E-state index contributed by atoms with van der Waals surface area (Å²) in [5.74, 6) is -0.339. The molecule has 6 nitrogen and oxygen atoms in total. The second kappa shape index (κ2) is 8.29. The smallest absolute Gasteiger partial charge is 0.241 e. The molecule has 0 unspecified atom stereocenters. The average molecular weight is 395 g/mol. The van der Waals surface area contributed by atoms with E-state index >= 15 is 0 Å². The molecular formula is C20H30N2O4S. The lowest BCUT2D eigenvalue weighted by atomic mass is 10.1. The summed E-state index contributed by atoms with van der Waals surface area (Å²) in [5, 5.41) is 2.92. The zero-order valence-corrected chi connectivity index (χ0v) is 17.1. The normalized spacial score (nSPS) is 20.5. The summed E-state index contributed by atoms with van der Waals surface area (Å²) in [6.45, 7) is 7.96. The maximum Gasteiger partial charge on any atom is 0.241 e. The van der Waals surface area contributed by atoms with E-state index in [1.165, 1.54) is 0 Å². The average Bonchev–Trinajstić information content (AvgIpc) is 3.16. The van der Waals surface area contributed by atoms with Crippen LogP contribution < -0.4 is 5.32 Å². The number of sulfone groups is 1. The minimum Gasteiger partial charge on any atom is -0.379 e. The fourth-order valence-electron chi connectivity index (χ4n) is 4.08. The Bertz CT molecular complexity index is 779. The first-order valence-electron chi connectivity index (χ1n) is 9.77. The molecule has 0 bridgehead atoms. The molecule has 7 heteroatoms. The number of rotatable bonds is 6. The Morgan fingerprint density at radius 3 is 2.52 bits per heavy atom. The highest BCUT2D eigenvalue weighted by Gasteiger charge is 2.53. The van der Waals surface area contributed by atoms with Crippen LogP contribution in [0.15, 0.2) is 23.1 Å². The molecule has 1 aromatic rings. The van der Waals surface area contributed by atoms with Crippen LogP contribution in [0.3, 0.4) is 0 Å². The van der Waals surface area contributed by atoms with Crippen LogP contribution in [0.5, 0.6) is 0 Å². The zero-order valence-electron chi connectivity index (χ0n) is 16.3. The molecule has 1 amide bonds. The van der Waals surface area contributed by atoms with Gasteiger partial charge in [0.15, 0.2) is 14.6 Å². The molecule has 1 heterocycles. The van der Waals surface area contributed by atoms with Crippen LogP contribution in [0, 0.1) is 13.8 Å². The Balaban J connectivity index is 1.78. The Hall–Kier alpha value is -1.44. The molecule has 1 N–H and O–H groups in total. The molecule has 2 fully saturated rings. The topological polar surface area (TPSA) is 75.7 Å². The number of morpholine rings is 1. The molecule has 0 aromatic heterocycles. The van der Waals surface area contributed by atoms with E-state index in [4.69, 9.17) is 4.74 Å². The van der Waals surface area contributed by atoms with E-state index < -0.39 is 14.6 Å². The van der Waals surface area contributed by atoms with Crippen molar-refractivity contribution in [1.82, 2.24) is 10.2 Å². The number of nitrogens with zero attached hydrogens (tertiary/aromatic N) is 1. The summed E-state index contributed by atoms with van der Waals surface area (Å²) in [4.78, 5) is 15.6. The van der Waals surface area contributed by atoms with Crippen molar-refractivity contribution in [2.75, 3.05) is 39.4 Å². The molecule has 1 saturated carbocycles. The number of hydrogen-bond donors (Lipinski definition) is 1. The second-order valence-corrected chi connectivity index (χ2v) is 9.91. The van der Waals surface area contributed by atoms with Gasteiger partial charge >= 0.3 is 0 Å². The maximum absolute atomic E-state index is 13.5. The molecular weight excluding hydrogens is 364 g/mol. The lowest BCUT2D eigenvalue weighted by Gasteiger charge is -2.30. The summed E-state index contributed by atoms with van der Waals surface area (Å²) in [6, 6.07) is 5.42. The van der Waals surface area contributed by atoms with Crippen LogP contribution in [0.2, 0.25) is 0 Å². The Morgan fingerprint density at radius 2 is 1.85 bits per heavy atom. The summed E-state index contributed by atoms with van der Waals surface area (Å²) >= 11 is 0. The zero-order chi connectivity index (χ0) is 19.5. The lowest BCUT2D eigenvalue weighted by Crippen LogP contribution is -2.52. The van der Waals surface area contributed by atoms with Crippen molar-refractivity contribution in [3.8, 4) is 0 Å². The number of ether oxygens (including phenoxy) is 1. The van der Waals surface area contributed by atoms with Gasteiger partial charge < -0.3 is 10.1 Å². The predicted molar refractivity (Wildman–Crippen MR) is 105 cm³/mol. The highest BCUT2D eigenvalue weighted by molar-refractivity contribution is 7.93. The third-order valence-electron chi connectivity index (χ3n) is 5.79. The molecule has 3 rings (SSSR count). The standard InChI is InChI=1S/C20H30N2O4S/c1-16-5-6-17(2)18(15-16)27(24,25)20(7-3-4-8-20)19(23)21-9-10-22-11-13-26-14-12-22/h5-6,15H,3-4,7-14H2,1-2H3,(H,21,23). The maximum atomic E-state index is 13.5. The highest BCUT2D eigenvalue weighted by Crippen LogP contribution is 2.41. The van der Waals surface area contributed by atoms with Crippen molar-refractivity contribution in [2.45, 2.75) is 49.2 Å². The van der Waals surface area contributed by atoms with Gasteiger partial charge in [-0.2, -0.15) is 0 Å². The molecule has 0 radical (unpaired) electrons. The number of amides is 1. The molecule has 1 saturated heterocycles. The van der Waals surface area contributed by atoms with Gasteiger partial charge in [-0.25, -0.2) is 8.42 Å². The van der Waals surface area contributed by atoms with E-state index in [2.05, 4.69) is 10.2 Å². The first kappa shape index (κ1) is 20.3. The van der Waals surface area contributed by atoms with Crippen LogP contribution in [0.25, 0.3) is 0 Å². The van der Waals surface area contributed by atoms with Crippen molar-refractivity contribution in [3.63, 3.8) is 0 Å². The second-order valence-electron chi connectivity index (χ2n) is 7.68. The van der Waals surface area contributed by atoms with Gasteiger partial charge in [0.1, 0.15) is 0 Å². The minimum atomic E-state index is -3.75. The van der Waals surface area contributed by atoms with E-state index in [9.17, 15) is 13.2 Å². The van der Waals surface area contributed by atoms with Gasteiger partial charge in [-0.15, -0.1) is 0 Å². The summed E-state index contributed by atoms with van der Waals surface area (Å²) in [6.07, 6.45) is 2.32. The number of nitrogens with one attached hydrogen (secondary N) is 1. The van der Waals surface area contributed by atoms with Crippen molar-refractivity contribution < 1.29 is 17.9 Å². The molecule has 0 spiro atoms. The minimum absolute atomic E-state index is 0.299. The fraction of sp³-hybridized carbons (Fsp3) is 0.650. The largest absolute Gasteiger partial charge is 0.379 e. The van der Waals surface area contributed by atoms with Crippen molar-refractivity contribution in [2.24, 2.45) is 0 Å². The van der Waals surface area contributed by atoms with Crippen LogP contribution >= 0.6 is 0 Å². The van der Waals surface area contributed by atoms with E-state index in [0.29, 0.717) is 49.6 Å². The number of carbonyl (C=O) groups is 1. The Morgan fingerprint density at radius 1 is 1.19 bits per heavy atom. The summed E-state index contributed by atoms with van der Waals surface area (Å²) in [5.41, 5.74) is 1.59. The van der Waals surface area contributed by atoms with Gasteiger partial charge in [0, 0.05) is 26.2 Å². The number of hydrogen-bond acceptors (Lipinski definition) is 5. The highest BCUT2D eigenvalue weighted by atomic mass is 32.2. The Labute approximate surface area is 162 Å². The van der Waals surface area contributed by atoms with Crippen LogP contribution in [0.1, 0.15) is 36.8 Å². The number of carbonyl (C=O) groups excluding carboxylic acids is 1. The van der Waals surface area contributed by atoms with E-state index in [1.54, 1.807) is 13.0 Å². The molecule has 27 heavy (non-hydrogen) atoms. The quantitative estimate of drug-likeness (QED) is 0.797. The molecule has 2 aliphatic rings.